The molecule has 5 heteroatoms. The van der Waals surface area contributed by atoms with Gasteiger partial charge in [0.05, 0.1) is 23.2 Å². The number of rotatable bonds is 2. The summed E-state index contributed by atoms with van der Waals surface area (Å²) in [6, 6.07) is 16.4. The summed E-state index contributed by atoms with van der Waals surface area (Å²) in [5, 5.41) is 9.44. The summed E-state index contributed by atoms with van der Waals surface area (Å²) in [6.45, 7) is 2.76. The van der Waals surface area contributed by atoms with Crippen molar-refractivity contribution in [1.82, 2.24) is 9.80 Å². The third-order valence-electron chi connectivity index (χ3n) is 6.83. The summed E-state index contributed by atoms with van der Waals surface area (Å²) in [6.07, 6.45) is 2.22. The summed E-state index contributed by atoms with van der Waals surface area (Å²) in [5.41, 5.74) is 2.00. The van der Waals surface area contributed by atoms with Crippen molar-refractivity contribution in [2.45, 2.75) is 30.8 Å². The van der Waals surface area contributed by atoms with Gasteiger partial charge in [-0.05, 0) is 61.7 Å². The van der Waals surface area contributed by atoms with Crippen LogP contribution in [0.5, 0.6) is 0 Å². The lowest BCUT2D eigenvalue weighted by Gasteiger charge is -2.51. The number of halogens is 1. The number of hydrogen-bond donors (Lipinski definition) is 0. The summed E-state index contributed by atoms with van der Waals surface area (Å²) in [7, 11) is 0. The number of carbonyl (C=O) groups is 1. The van der Waals surface area contributed by atoms with E-state index >= 15 is 0 Å². The van der Waals surface area contributed by atoms with E-state index in [2.05, 4.69) is 11.0 Å². The molecule has 6 rings (SSSR count). The van der Waals surface area contributed by atoms with E-state index in [0.29, 0.717) is 23.6 Å². The zero-order valence-corrected chi connectivity index (χ0v) is 15.6. The minimum absolute atomic E-state index is 0.0505. The van der Waals surface area contributed by atoms with Crippen molar-refractivity contribution >= 4 is 5.91 Å². The summed E-state index contributed by atoms with van der Waals surface area (Å²) in [4.78, 5) is 18.0. The second kappa shape index (κ2) is 6.72. The Morgan fingerprint density at radius 1 is 1.04 bits per heavy atom. The zero-order chi connectivity index (χ0) is 19.3. The Morgan fingerprint density at radius 3 is 2.46 bits per heavy atom. The molecule has 4 heterocycles. The van der Waals surface area contributed by atoms with E-state index in [4.69, 9.17) is 0 Å². The van der Waals surface area contributed by atoms with Gasteiger partial charge in [-0.25, -0.2) is 4.39 Å². The van der Waals surface area contributed by atoms with Gasteiger partial charge >= 0.3 is 0 Å². The maximum atomic E-state index is 13.5. The molecule has 2 aromatic rings. The molecule has 0 aromatic heterocycles. The van der Waals surface area contributed by atoms with Crippen LogP contribution in [-0.2, 0) is 0 Å². The van der Waals surface area contributed by atoms with E-state index in [1.807, 2.05) is 23.1 Å². The molecule has 4 aliphatic heterocycles. The van der Waals surface area contributed by atoms with Crippen LogP contribution in [-0.4, -0.2) is 47.4 Å². The molecule has 142 valence electrons. The average Bonchev–Trinajstić information content (AvgIpc) is 3.17. The highest BCUT2D eigenvalue weighted by Gasteiger charge is 2.54. The van der Waals surface area contributed by atoms with Crippen molar-refractivity contribution in [3.8, 4) is 6.07 Å². The number of nitrogens with zero attached hydrogens (tertiary/aromatic N) is 3. The second-order valence-electron chi connectivity index (χ2n) is 8.13. The topological polar surface area (TPSA) is 47.3 Å². The van der Waals surface area contributed by atoms with Gasteiger partial charge in [-0.1, -0.05) is 24.3 Å². The van der Waals surface area contributed by atoms with Gasteiger partial charge in [-0.15, -0.1) is 0 Å². The molecule has 0 aliphatic carbocycles. The molecule has 4 aliphatic rings. The van der Waals surface area contributed by atoms with Crippen LogP contribution in [0.4, 0.5) is 4.39 Å². The summed E-state index contributed by atoms with van der Waals surface area (Å²) >= 11 is 0. The fourth-order valence-corrected chi connectivity index (χ4v) is 5.58. The molecule has 2 aromatic carbocycles. The van der Waals surface area contributed by atoms with Gasteiger partial charge in [0.15, 0.2) is 0 Å². The maximum absolute atomic E-state index is 13.5. The minimum Gasteiger partial charge on any atom is -0.333 e. The van der Waals surface area contributed by atoms with Gasteiger partial charge < -0.3 is 4.90 Å². The first-order valence-corrected chi connectivity index (χ1v) is 9.97. The first-order valence-electron chi connectivity index (χ1n) is 9.97. The molecule has 4 fully saturated rings. The van der Waals surface area contributed by atoms with Crippen molar-refractivity contribution in [2.75, 3.05) is 19.6 Å². The van der Waals surface area contributed by atoms with E-state index in [1.54, 1.807) is 18.2 Å². The number of benzene rings is 2. The van der Waals surface area contributed by atoms with Crippen LogP contribution >= 0.6 is 0 Å². The predicted octanol–water partition coefficient (Wildman–Crippen LogP) is 3.40. The summed E-state index contributed by atoms with van der Waals surface area (Å²) in [5.74, 6) is 0.385. The third kappa shape index (κ3) is 2.63. The molecule has 0 spiro atoms. The van der Waals surface area contributed by atoms with E-state index in [9.17, 15) is 14.4 Å². The van der Waals surface area contributed by atoms with Crippen molar-refractivity contribution in [3.05, 3.63) is 71.0 Å². The van der Waals surface area contributed by atoms with Crippen LogP contribution < -0.4 is 0 Å². The molecule has 0 radical (unpaired) electrons. The van der Waals surface area contributed by atoms with Crippen LogP contribution in [0.2, 0.25) is 0 Å². The van der Waals surface area contributed by atoms with Gasteiger partial charge in [0.1, 0.15) is 5.82 Å². The molecular weight excluding hydrogens is 353 g/mol. The Morgan fingerprint density at radius 2 is 1.75 bits per heavy atom. The first kappa shape index (κ1) is 17.4. The Kier molecular flexibility index (Phi) is 4.17. The molecule has 1 amide bonds. The van der Waals surface area contributed by atoms with Crippen LogP contribution in [0.3, 0.4) is 0 Å². The van der Waals surface area contributed by atoms with Gasteiger partial charge in [0, 0.05) is 18.5 Å². The first-order chi connectivity index (χ1) is 13.7. The fourth-order valence-electron chi connectivity index (χ4n) is 5.58. The molecule has 0 unspecified atom stereocenters. The molecule has 0 N–H and O–H groups in total. The Balaban J connectivity index is 1.54. The van der Waals surface area contributed by atoms with E-state index in [0.717, 1.165) is 31.5 Å². The van der Waals surface area contributed by atoms with Gasteiger partial charge in [-0.3, -0.25) is 9.69 Å². The number of fused-ring (bicyclic) bond motifs is 2. The lowest BCUT2D eigenvalue weighted by atomic mass is 9.75. The van der Waals surface area contributed by atoms with E-state index < -0.39 is 0 Å². The van der Waals surface area contributed by atoms with Crippen molar-refractivity contribution < 1.29 is 9.18 Å². The number of piperidine rings is 3. The zero-order valence-electron chi connectivity index (χ0n) is 15.6. The second-order valence-corrected chi connectivity index (χ2v) is 8.13. The highest BCUT2D eigenvalue weighted by Crippen LogP contribution is 2.47. The quantitative estimate of drug-likeness (QED) is 0.808. The Hall–Kier alpha value is -2.71. The highest BCUT2D eigenvalue weighted by atomic mass is 19.1. The summed E-state index contributed by atoms with van der Waals surface area (Å²) < 4.78 is 13.5. The van der Waals surface area contributed by atoms with Crippen LogP contribution in [0.25, 0.3) is 0 Å². The average molecular weight is 375 g/mol. The minimum atomic E-state index is -0.236. The van der Waals surface area contributed by atoms with E-state index in [1.165, 1.54) is 12.1 Å². The van der Waals surface area contributed by atoms with Gasteiger partial charge in [0.2, 0.25) is 0 Å². The SMILES string of the molecule is N#Cc1ccccc1C(=O)N1C[C@H](c2ccc(F)cc2)[C@H]2[C@@H]1C1CCN2CC1. The number of likely N-dealkylation sites (tertiary alicyclic amines) is 1. The lowest BCUT2D eigenvalue weighted by Crippen LogP contribution is -2.60. The number of nitriles is 1. The Bertz CT molecular complexity index is 943. The lowest BCUT2D eigenvalue weighted by molar-refractivity contribution is -0.00341. The van der Waals surface area contributed by atoms with Gasteiger partial charge in [-0.2, -0.15) is 5.26 Å². The standard InChI is InChI=1S/C23H22FN3O/c24-18-7-5-15(6-8-18)20-14-27(21-16-9-11-26(12-10-16)22(20)21)23(28)19-4-2-1-3-17(19)13-25/h1-8,16,20-22H,9-12,14H2/t20-,21+,22+/m1/s1. The van der Waals surface area contributed by atoms with Crippen LogP contribution in [0.15, 0.2) is 48.5 Å². The number of hydrogen-bond acceptors (Lipinski definition) is 3. The molecule has 3 atom stereocenters. The monoisotopic (exact) mass is 375 g/mol. The fraction of sp³-hybridized carbons (Fsp3) is 0.391. The molecule has 0 saturated carbocycles. The van der Waals surface area contributed by atoms with Crippen molar-refractivity contribution in [1.29, 1.82) is 5.26 Å². The largest absolute Gasteiger partial charge is 0.333 e. The highest BCUT2D eigenvalue weighted by molar-refractivity contribution is 5.97. The van der Waals surface area contributed by atoms with E-state index in [-0.39, 0.29) is 29.7 Å². The van der Waals surface area contributed by atoms with Crippen molar-refractivity contribution in [2.24, 2.45) is 5.92 Å². The molecule has 4 saturated heterocycles. The van der Waals surface area contributed by atoms with Gasteiger partial charge in [0.25, 0.3) is 5.91 Å². The normalized spacial score (nSPS) is 30.7. The Labute approximate surface area is 164 Å². The smallest absolute Gasteiger partial charge is 0.255 e. The molecular formula is C23H22FN3O. The molecule has 4 nitrogen and oxygen atoms in total. The maximum Gasteiger partial charge on any atom is 0.255 e. The van der Waals surface area contributed by atoms with Crippen molar-refractivity contribution in [3.63, 3.8) is 0 Å². The number of amides is 1. The van der Waals surface area contributed by atoms with Crippen LogP contribution in [0, 0.1) is 23.1 Å². The third-order valence-corrected chi connectivity index (χ3v) is 6.83. The van der Waals surface area contributed by atoms with Crippen LogP contribution in [0.1, 0.15) is 40.2 Å². The predicted molar refractivity (Wildman–Crippen MR) is 103 cm³/mol. The molecule has 28 heavy (non-hydrogen) atoms. The molecule has 2 bridgehead atoms. The number of carbonyl (C=O) groups excluding carboxylic acids is 1.